The van der Waals surface area contributed by atoms with Crippen molar-refractivity contribution in [2.75, 3.05) is 6.54 Å². The van der Waals surface area contributed by atoms with Crippen LogP contribution in [0.15, 0.2) is 42.7 Å². The molecule has 0 saturated carbocycles. The van der Waals surface area contributed by atoms with Gasteiger partial charge in [0.1, 0.15) is 17.5 Å². The lowest BCUT2D eigenvalue weighted by molar-refractivity contribution is 0.598. The summed E-state index contributed by atoms with van der Waals surface area (Å²) in [6, 6.07) is 10.5. The van der Waals surface area contributed by atoms with Crippen molar-refractivity contribution in [3.05, 3.63) is 65.8 Å². The lowest BCUT2D eigenvalue weighted by atomic mass is 10.2. The predicted molar refractivity (Wildman–Crippen MR) is 91.5 cm³/mol. The normalized spacial score (nSPS) is 13.3. The maximum absolute atomic E-state index is 4.47. The van der Waals surface area contributed by atoms with Gasteiger partial charge in [-0.15, -0.1) is 10.2 Å². The highest BCUT2D eigenvalue weighted by Crippen LogP contribution is 2.14. The predicted octanol–water partition coefficient (Wildman–Crippen LogP) is 1.80. The topological polar surface area (TPSA) is 60.6 Å². The molecule has 4 rings (SSSR count). The summed E-state index contributed by atoms with van der Waals surface area (Å²) >= 11 is 0. The molecule has 2 aromatic heterocycles. The molecule has 6 nitrogen and oxygen atoms in total. The number of aryl methyl sites for hydroxylation is 1. The van der Waals surface area contributed by atoms with Gasteiger partial charge in [0.05, 0.1) is 6.54 Å². The molecule has 1 aliphatic rings. The zero-order chi connectivity index (χ0) is 16.2. The number of nitrogens with one attached hydrogen (secondary N) is 1. The fourth-order valence-corrected chi connectivity index (χ4v) is 3.23. The zero-order valence-electron chi connectivity index (χ0n) is 13.7. The molecule has 24 heavy (non-hydrogen) atoms. The van der Waals surface area contributed by atoms with Crippen LogP contribution in [0, 0.1) is 0 Å². The molecule has 3 aromatic rings. The Kier molecular flexibility index (Phi) is 4.38. The summed E-state index contributed by atoms with van der Waals surface area (Å²) in [5.74, 6) is 3.30. The largest absolute Gasteiger partial charge is 0.329 e. The highest BCUT2D eigenvalue weighted by molar-refractivity contribution is 5.15. The second kappa shape index (κ2) is 6.97. The number of hydrogen-bond donors (Lipinski definition) is 1. The second-order valence-corrected chi connectivity index (χ2v) is 6.17. The number of benzene rings is 1. The van der Waals surface area contributed by atoms with Gasteiger partial charge in [-0.3, -0.25) is 0 Å². The highest BCUT2D eigenvalue weighted by Gasteiger charge is 2.16. The van der Waals surface area contributed by atoms with Crippen molar-refractivity contribution in [3.63, 3.8) is 0 Å². The molecule has 0 amide bonds. The van der Waals surface area contributed by atoms with Crippen LogP contribution in [0.5, 0.6) is 0 Å². The van der Waals surface area contributed by atoms with Gasteiger partial charge in [0, 0.05) is 44.9 Å². The van der Waals surface area contributed by atoms with E-state index in [0.717, 1.165) is 56.5 Å². The number of imidazole rings is 1. The van der Waals surface area contributed by atoms with Crippen LogP contribution in [0.3, 0.4) is 0 Å². The van der Waals surface area contributed by atoms with Crippen LogP contribution < -0.4 is 5.32 Å². The third-order valence-corrected chi connectivity index (χ3v) is 4.49. The minimum absolute atomic E-state index is 0.765. The van der Waals surface area contributed by atoms with E-state index in [2.05, 4.69) is 53.9 Å². The van der Waals surface area contributed by atoms with E-state index in [1.165, 1.54) is 12.0 Å². The third-order valence-electron chi connectivity index (χ3n) is 4.49. The smallest absolute Gasteiger partial charge is 0.134 e. The van der Waals surface area contributed by atoms with Crippen molar-refractivity contribution in [1.82, 2.24) is 29.6 Å². The van der Waals surface area contributed by atoms with Gasteiger partial charge in [-0.05, 0) is 12.0 Å². The standard InChI is InChI=1S/C18H22N6/c1-2-5-15(6-3-1)14-23-12-10-20-18(23)13-19-9-8-17-22-21-16-7-4-11-24(16)17/h1-3,5-6,10,12,19H,4,7-9,11,13-14H2. The summed E-state index contributed by atoms with van der Waals surface area (Å²) in [6.07, 6.45) is 7.08. The Morgan fingerprint density at radius 2 is 2.00 bits per heavy atom. The molecule has 1 N–H and O–H groups in total. The van der Waals surface area contributed by atoms with Crippen LogP contribution in [-0.4, -0.2) is 30.9 Å². The monoisotopic (exact) mass is 322 g/mol. The van der Waals surface area contributed by atoms with Crippen LogP contribution in [0.4, 0.5) is 0 Å². The van der Waals surface area contributed by atoms with Crippen molar-refractivity contribution < 1.29 is 0 Å². The summed E-state index contributed by atoms with van der Waals surface area (Å²) in [7, 11) is 0. The molecule has 0 spiro atoms. The van der Waals surface area contributed by atoms with Crippen molar-refractivity contribution in [2.24, 2.45) is 0 Å². The maximum atomic E-state index is 4.47. The fraction of sp³-hybridized carbons (Fsp3) is 0.389. The molecule has 0 saturated heterocycles. The lowest BCUT2D eigenvalue weighted by Gasteiger charge is -2.09. The van der Waals surface area contributed by atoms with Crippen molar-refractivity contribution in [2.45, 2.75) is 38.9 Å². The Balaban J connectivity index is 1.30. The third kappa shape index (κ3) is 3.23. The summed E-state index contributed by atoms with van der Waals surface area (Å²) in [5, 5.41) is 12.0. The Morgan fingerprint density at radius 3 is 2.92 bits per heavy atom. The highest BCUT2D eigenvalue weighted by atomic mass is 15.3. The Bertz CT molecular complexity index is 789. The first-order valence-electron chi connectivity index (χ1n) is 8.56. The molecular formula is C18H22N6. The number of rotatable bonds is 7. The summed E-state index contributed by atoms with van der Waals surface area (Å²) < 4.78 is 4.45. The average molecular weight is 322 g/mol. The van der Waals surface area contributed by atoms with E-state index in [1.807, 2.05) is 18.5 Å². The molecule has 1 aromatic carbocycles. The van der Waals surface area contributed by atoms with Gasteiger partial charge in [0.25, 0.3) is 0 Å². The minimum atomic E-state index is 0.765. The van der Waals surface area contributed by atoms with Crippen LogP contribution >= 0.6 is 0 Å². The average Bonchev–Trinajstić information content (AvgIpc) is 3.31. The molecule has 0 atom stereocenters. The van der Waals surface area contributed by atoms with Gasteiger partial charge in [-0.25, -0.2) is 4.98 Å². The van der Waals surface area contributed by atoms with Crippen LogP contribution in [-0.2, 0) is 32.5 Å². The summed E-state index contributed by atoms with van der Waals surface area (Å²) in [6.45, 7) is 3.58. The Hall–Kier alpha value is -2.47. The van der Waals surface area contributed by atoms with E-state index in [1.54, 1.807) is 0 Å². The SMILES string of the molecule is c1ccc(Cn2ccnc2CNCCc2nnc3n2CCC3)cc1. The van der Waals surface area contributed by atoms with Crippen molar-refractivity contribution in [1.29, 1.82) is 0 Å². The molecular weight excluding hydrogens is 300 g/mol. The van der Waals surface area contributed by atoms with E-state index >= 15 is 0 Å². The molecule has 0 fully saturated rings. The quantitative estimate of drug-likeness (QED) is 0.674. The van der Waals surface area contributed by atoms with E-state index in [9.17, 15) is 0 Å². The second-order valence-electron chi connectivity index (χ2n) is 6.17. The molecule has 0 aliphatic carbocycles. The Morgan fingerprint density at radius 1 is 1.08 bits per heavy atom. The number of aromatic nitrogens is 5. The summed E-state index contributed by atoms with van der Waals surface area (Å²) in [5.41, 5.74) is 1.29. The van der Waals surface area contributed by atoms with E-state index in [4.69, 9.17) is 0 Å². The summed E-state index contributed by atoms with van der Waals surface area (Å²) in [4.78, 5) is 4.47. The first-order valence-corrected chi connectivity index (χ1v) is 8.56. The number of nitrogens with zero attached hydrogens (tertiary/aromatic N) is 5. The number of fused-ring (bicyclic) bond motifs is 1. The molecule has 1 aliphatic heterocycles. The fourth-order valence-electron chi connectivity index (χ4n) is 3.23. The Labute approximate surface area is 141 Å². The first kappa shape index (κ1) is 15.1. The number of hydrogen-bond acceptors (Lipinski definition) is 4. The van der Waals surface area contributed by atoms with Crippen molar-refractivity contribution >= 4 is 0 Å². The molecule has 3 heterocycles. The van der Waals surface area contributed by atoms with Gasteiger partial charge in [0.2, 0.25) is 0 Å². The van der Waals surface area contributed by atoms with Gasteiger partial charge in [-0.1, -0.05) is 30.3 Å². The van der Waals surface area contributed by atoms with Gasteiger partial charge in [-0.2, -0.15) is 0 Å². The van der Waals surface area contributed by atoms with Crippen LogP contribution in [0.1, 0.15) is 29.5 Å². The van der Waals surface area contributed by atoms with Gasteiger partial charge >= 0.3 is 0 Å². The van der Waals surface area contributed by atoms with E-state index < -0.39 is 0 Å². The molecule has 6 heteroatoms. The molecule has 0 radical (unpaired) electrons. The van der Waals surface area contributed by atoms with Crippen molar-refractivity contribution in [3.8, 4) is 0 Å². The molecule has 0 unspecified atom stereocenters. The molecule has 0 bridgehead atoms. The van der Waals surface area contributed by atoms with Gasteiger partial charge < -0.3 is 14.5 Å². The molecule has 124 valence electrons. The van der Waals surface area contributed by atoms with E-state index in [0.29, 0.717) is 0 Å². The van der Waals surface area contributed by atoms with E-state index in [-0.39, 0.29) is 0 Å². The minimum Gasteiger partial charge on any atom is -0.329 e. The van der Waals surface area contributed by atoms with Crippen LogP contribution in [0.2, 0.25) is 0 Å². The first-order chi connectivity index (χ1) is 11.9. The lowest BCUT2D eigenvalue weighted by Crippen LogP contribution is -2.21. The maximum Gasteiger partial charge on any atom is 0.134 e. The van der Waals surface area contributed by atoms with Gasteiger partial charge in [0.15, 0.2) is 0 Å². The van der Waals surface area contributed by atoms with Crippen LogP contribution in [0.25, 0.3) is 0 Å². The zero-order valence-corrected chi connectivity index (χ0v) is 13.7.